The van der Waals surface area contributed by atoms with Crippen LogP contribution in [-0.4, -0.2) is 58.2 Å². The highest BCUT2D eigenvalue weighted by atomic mass is 16.6. The molecule has 1 amide bonds. The number of aromatic amines is 1. The topological polar surface area (TPSA) is 117 Å². The number of hydrogen-bond acceptors (Lipinski definition) is 8. The molecule has 10 nitrogen and oxygen atoms in total. The molecule has 0 bridgehead atoms. The van der Waals surface area contributed by atoms with Gasteiger partial charge in [-0.25, -0.2) is 19.6 Å². The molecular formula is C26H34N6O4. The normalized spacial score (nSPS) is 14.5. The molecule has 1 saturated heterocycles. The van der Waals surface area contributed by atoms with Crippen LogP contribution in [0.25, 0.3) is 0 Å². The second-order valence-electron chi connectivity index (χ2n) is 10.2. The van der Waals surface area contributed by atoms with Crippen LogP contribution >= 0.6 is 0 Å². The molecule has 0 unspecified atom stereocenters. The number of piperidine rings is 1. The van der Waals surface area contributed by atoms with Gasteiger partial charge in [-0.1, -0.05) is 12.1 Å². The number of carbonyl (C=O) groups is 1. The van der Waals surface area contributed by atoms with Gasteiger partial charge in [0.05, 0.1) is 5.69 Å². The van der Waals surface area contributed by atoms with Crippen LogP contribution in [-0.2, 0) is 11.2 Å². The molecule has 4 rings (SSSR count). The SMILES string of the molecule is CN(CC1CCN(C(=O)OC(C)(C)C)CC1)c1cc(Nc2ccc(Cc3coc(=O)[nH]3)cc2)ncn1. The highest BCUT2D eigenvalue weighted by Gasteiger charge is 2.27. The summed E-state index contributed by atoms with van der Waals surface area (Å²) in [5.74, 6) is 1.57. The van der Waals surface area contributed by atoms with E-state index in [9.17, 15) is 9.59 Å². The number of nitrogens with one attached hydrogen (secondary N) is 2. The lowest BCUT2D eigenvalue weighted by Gasteiger charge is -2.35. The molecule has 0 saturated carbocycles. The smallest absolute Gasteiger partial charge is 0.416 e. The molecule has 192 valence electrons. The van der Waals surface area contributed by atoms with Crippen LogP contribution in [0.5, 0.6) is 0 Å². The highest BCUT2D eigenvalue weighted by molar-refractivity contribution is 5.68. The summed E-state index contributed by atoms with van der Waals surface area (Å²) in [5.41, 5.74) is 2.22. The number of H-pyrrole nitrogens is 1. The van der Waals surface area contributed by atoms with Crippen LogP contribution in [0, 0.1) is 5.92 Å². The summed E-state index contributed by atoms with van der Waals surface area (Å²) in [4.78, 5) is 38.8. The minimum atomic E-state index is -0.475. The summed E-state index contributed by atoms with van der Waals surface area (Å²) in [6.07, 6.45) is 5.22. The van der Waals surface area contributed by atoms with Crippen molar-refractivity contribution in [3.8, 4) is 0 Å². The highest BCUT2D eigenvalue weighted by Crippen LogP contribution is 2.24. The van der Waals surface area contributed by atoms with Gasteiger partial charge < -0.3 is 24.3 Å². The Morgan fingerprint density at radius 1 is 1.22 bits per heavy atom. The third-order valence-electron chi connectivity index (χ3n) is 6.03. The van der Waals surface area contributed by atoms with Gasteiger partial charge in [0.1, 0.15) is 29.8 Å². The number of oxazole rings is 1. The molecule has 3 heterocycles. The standard InChI is InChI=1S/C26H34N6O4/c1-26(2,3)36-25(34)32-11-9-19(10-12-32)15-31(4)23-14-22(27-17-28-23)29-20-7-5-18(6-8-20)13-21-16-35-24(33)30-21/h5-8,14,16-17,19H,9-13,15H2,1-4H3,(H,30,33)(H,27,28,29). The van der Waals surface area contributed by atoms with E-state index in [0.29, 0.717) is 31.2 Å². The van der Waals surface area contributed by atoms with Crippen molar-refractivity contribution in [3.63, 3.8) is 0 Å². The zero-order valence-electron chi connectivity index (χ0n) is 21.3. The first kappa shape index (κ1) is 25.3. The van der Waals surface area contributed by atoms with E-state index in [1.165, 1.54) is 6.26 Å². The van der Waals surface area contributed by atoms with Gasteiger partial charge in [0.15, 0.2) is 0 Å². The van der Waals surface area contributed by atoms with Crippen molar-refractivity contribution >= 4 is 23.4 Å². The van der Waals surface area contributed by atoms with E-state index in [-0.39, 0.29) is 6.09 Å². The minimum absolute atomic E-state index is 0.231. The molecule has 1 aromatic carbocycles. The van der Waals surface area contributed by atoms with E-state index in [2.05, 4.69) is 25.2 Å². The van der Waals surface area contributed by atoms with Gasteiger partial charge in [-0.3, -0.25) is 4.98 Å². The molecule has 1 fully saturated rings. The lowest BCUT2D eigenvalue weighted by molar-refractivity contribution is 0.0186. The van der Waals surface area contributed by atoms with Gasteiger partial charge in [-0.05, 0) is 57.2 Å². The van der Waals surface area contributed by atoms with Crippen molar-refractivity contribution in [1.29, 1.82) is 0 Å². The lowest BCUT2D eigenvalue weighted by Crippen LogP contribution is -2.43. The molecule has 3 aromatic rings. The molecule has 36 heavy (non-hydrogen) atoms. The van der Waals surface area contributed by atoms with E-state index in [4.69, 9.17) is 9.15 Å². The Kier molecular flexibility index (Phi) is 7.61. The van der Waals surface area contributed by atoms with E-state index < -0.39 is 11.4 Å². The number of carbonyl (C=O) groups excluding carboxylic acids is 1. The maximum absolute atomic E-state index is 12.3. The van der Waals surface area contributed by atoms with Crippen molar-refractivity contribution in [2.24, 2.45) is 5.92 Å². The summed E-state index contributed by atoms with van der Waals surface area (Å²) in [7, 11) is 2.03. The molecule has 2 N–H and O–H groups in total. The summed E-state index contributed by atoms with van der Waals surface area (Å²) in [6.45, 7) is 7.93. The zero-order valence-corrected chi connectivity index (χ0v) is 21.3. The first-order valence-electron chi connectivity index (χ1n) is 12.2. The fourth-order valence-corrected chi connectivity index (χ4v) is 4.20. The first-order chi connectivity index (χ1) is 17.1. The molecule has 1 aliphatic rings. The van der Waals surface area contributed by atoms with Crippen molar-refractivity contribution in [2.45, 2.75) is 45.6 Å². The predicted molar refractivity (Wildman–Crippen MR) is 138 cm³/mol. The Morgan fingerprint density at radius 2 is 1.94 bits per heavy atom. The summed E-state index contributed by atoms with van der Waals surface area (Å²) >= 11 is 0. The third kappa shape index (κ3) is 7.10. The Bertz CT molecular complexity index is 1210. The maximum Gasteiger partial charge on any atom is 0.416 e. The Labute approximate surface area is 210 Å². The number of benzene rings is 1. The van der Waals surface area contributed by atoms with Gasteiger partial charge >= 0.3 is 11.8 Å². The number of nitrogens with zero attached hydrogens (tertiary/aromatic N) is 4. The van der Waals surface area contributed by atoms with Crippen LogP contribution < -0.4 is 16.0 Å². The minimum Gasteiger partial charge on any atom is -0.444 e. The van der Waals surface area contributed by atoms with Crippen molar-refractivity contribution in [2.75, 3.05) is 36.9 Å². The van der Waals surface area contributed by atoms with Gasteiger partial charge in [-0.2, -0.15) is 0 Å². The molecular weight excluding hydrogens is 460 g/mol. The van der Waals surface area contributed by atoms with E-state index in [0.717, 1.165) is 42.1 Å². The Morgan fingerprint density at radius 3 is 2.58 bits per heavy atom. The van der Waals surface area contributed by atoms with Gasteiger partial charge in [0.2, 0.25) is 0 Å². The van der Waals surface area contributed by atoms with Crippen molar-refractivity contribution in [3.05, 3.63) is 64.7 Å². The number of rotatable bonds is 7. The summed E-state index contributed by atoms with van der Waals surface area (Å²) in [6, 6.07) is 9.85. The van der Waals surface area contributed by atoms with Crippen LogP contribution in [0.15, 0.2) is 52.1 Å². The molecule has 1 aliphatic heterocycles. The van der Waals surface area contributed by atoms with E-state index >= 15 is 0 Å². The summed E-state index contributed by atoms with van der Waals surface area (Å²) < 4.78 is 10.3. The fourth-order valence-electron chi connectivity index (χ4n) is 4.20. The Hall–Kier alpha value is -3.82. The average molecular weight is 495 g/mol. The van der Waals surface area contributed by atoms with Crippen molar-refractivity contribution < 1.29 is 13.9 Å². The van der Waals surface area contributed by atoms with Gasteiger partial charge in [-0.15, -0.1) is 0 Å². The average Bonchev–Trinajstić information content (AvgIpc) is 3.24. The molecule has 0 radical (unpaired) electrons. The zero-order chi connectivity index (χ0) is 25.7. The van der Waals surface area contributed by atoms with Gasteiger partial charge in [0.25, 0.3) is 0 Å². The summed E-state index contributed by atoms with van der Waals surface area (Å²) in [5, 5.41) is 3.32. The van der Waals surface area contributed by atoms with E-state index in [1.807, 2.05) is 58.2 Å². The number of ether oxygens (including phenoxy) is 1. The fraction of sp³-hybridized carbons (Fsp3) is 0.462. The maximum atomic E-state index is 12.3. The second kappa shape index (κ2) is 10.8. The molecule has 0 spiro atoms. The van der Waals surface area contributed by atoms with Crippen molar-refractivity contribution in [1.82, 2.24) is 19.9 Å². The molecule has 0 aliphatic carbocycles. The van der Waals surface area contributed by atoms with Crippen LogP contribution in [0.3, 0.4) is 0 Å². The van der Waals surface area contributed by atoms with E-state index in [1.54, 1.807) is 11.2 Å². The predicted octanol–water partition coefficient (Wildman–Crippen LogP) is 4.18. The van der Waals surface area contributed by atoms with Gasteiger partial charge in [0, 0.05) is 44.9 Å². The first-order valence-corrected chi connectivity index (χ1v) is 12.2. The Balaban J connectivity index is 1.28. The molecule has 10 heteroatoms. The molecule has 2 aromatic heterocycles. The van der Waals surface area contributed by atoms with Crippen LogP contribution in [0.1, 0.15) is 44.9 Å². The number of anilines is 3. The number of amides is 1. The van der Waals surface area contributed by atoms with Crippen LogP contribution in [0.4, 0.5) is 22.1 Å². The molecule has 0 atom stereocenters. The third-order valence-corrected chi connectivity index (χ3v) is 6.03. The second-order valence-corrected chi connectivity index (χ2v) is 10.2. The number of hydrogen-bond donors (Lipinski definition) is 2. The largest absolute Gasteiger partial charge is 0.444 e. The van der Waals surface area contributed by atoms with Crippen LogP contribution in [0.2, 0.25) is 0 Å². The number of likely N-dealkylation sites (tertiary alicyclic amines) is 1. The quantitative estimate of drug-likeness (QED) is 0.503. The lowest BCUT2D eigenvalue weighted by atomic mass is 9.96. The number of aromatic nitrogens is 3. The monoisotopic (exact) mass is 494 g/mol.